The number of nitrogens with two attached hydrogens (primary N) is 1. The molecule has 1 aromatic carbocycles. The van der Waals surface area contributed by atoms with Crippen molar-refractivity contribution in [2.24, 2.45) is 11.7 Å². The van der Waals surface area contributed by atoms with Gasteiger partial charge in [0, 0.05) is 37.5 Å². The zero-order valence-corrected chi connectivity index (χ0v) is 15.7. The number of amides is 2. The fourth-order valence-corrected chi connectivity index (χ4v) is 3.89. The minimum atomic E-state index is -0.304. The third-order valence-corrected chi connectivity index (χ3v) is 5.22. The monoisotopic (exact) mass is 365 g/mol. The van der Waals surface area contributed by atoms with Gasteiger partial charge in [0.25, 0.3) is 0 Å². The van der Waals surface area contributed by atoms with Crippen molar-refractivity contribution in [2.75, 3.05) is 19.6 Å². The number of hydrogen-bond donors (Lipinski definition) is 1. The zero-order valence-electron chi connectivity index (χ0n) is 14.9. The van der Waals surface area contributed by atoms with Gasteiger partial charge < -0.3 is 15.5 Å². The van der Waals surface area contributed by atoms with E-state index in [-0.39, 0.29) is 48.1 Å². The van der Waals surface area contributed by atoms with E-state index in [0.717, 1.165) is 12.8 Å². The maximum Gasteiger partial charge on any atom is 0.245 e. The Bertz CT molecular complexity index is 608. The summed E-state index contributed by atoms with van der Waals surface area (Å²) in [6, 6.07) is 9.79. The lowest BCUT2D eigenvalue weighted by atomic mass is 9.95. The number of carbonyl (C=O) groups excluding carboxylic acids is 2. The third-order valence-electron chi connectivity index (χ3n) is 5.22. The summed E-state index contributed by atoms with van der Waals surface area (Å²) in [5.41, 5.74) is 7.49. The van der Waals surface area contributed by atoms with Crippen LogP contribution in [-0.2, 0) is 9.59 Å². The Morgan fingerprint density at radius 3 is 2.48 bits per heavy atom. The van der Waals surface area contributed by atoms with Crippen LogP contribution < -0.4 is 5.73 Å². The van der Waals surface area contributed by atoms with Crippen molar-refractivity contribution < 1.29 is 9.59 Å². The van der Waals surface area contributed by atoms with Crippen LogP contribution in [0.1, 0.15) is 38.2 Å². The van der Waals surface area contributed by atoms with Gasteiger partial charge in [0.05, 0.1) is 0 Å². The fourth-order valence-electron chi connectivity index (χ4n) is 3.89. The van der Waals surface area contributed by atoms with Gasteiger partial charge in [0.2, 0.25) is 11.8 Å². The van der Waals surface area contributed by atoms with Gasteiger partial charge in [-0.3, -0.25) is 9.59 Å². The second kappa shape index (κ2) is 8.19. The highest BCUT2D eigenvalue weighted by molar-refractivity contribution is 5.89. The quantitative estimate of drug-likeness (QED) is 0.891. The van der Waals surface area contributed by atoms with Crippen LogP contribution in [0.15, 0.2) is 30.3 Å². The molecule has 2 fully saturated rings. The molecule has 3 atom stereocenters. The molecule has 0 aromatic heterocycles. The van der Waals surface area contributed by atoms with Crippen LogP contribution >= 0.6 is 12.4 Å². The van der Waals surface area contributed by atoms with E-state index in [1.54, 1.807) is 4.90 Å². The average molecular weight is 366 g/mol. The Balaban J connectivity index is 0.00000225. The van der Waals surface area contributed by atoms with E-state index >= 15 is 0 Å². The van der Waals surface area contributed by atoms with Gasteiger partial charge in [-0.05, 0) is 18.4 Å². The van der Waals surface area contributed by atoms with Crippen LogP contribution in [0, 0.1) is 5.92 Å². The molecule has 1 aromatic rings. The first-order valence-corrected chi connectivity index (χ1v) is 8.89. The van der Waals surface area contributed by atoms with E-state index in [2.05, 4.69) is 12.1 Å². The van der Waals surface area contributed by atoms with Gasteiger partial charge in [-0.15, -0.1) is 12.4 Å². The Morgan fingerprint density at radius 1 is 1.16 bits per heavy atom. The number of carbonyl (C=O) groups is 2. The molecule has 2 saturated heterocycles. The summed E-state index contributed by atoms with van der Waals surface area (Å²) in [6.45, 7) is 5.68. The van der Waals surface area contributed by atoms with Crippen molar-refractivity contribution >= 4 is 24.2 Å². The summed E-state index contributed by atoms with van der Waals surface area (Å²) in [4.78, 5) is 29.0. The first-order chi connectivity index (χ1) is 11.5. The van der Waals surface area contributed by atoms with E-state index in [0.29, 0.717) is 19.6 Å². The minimum Gasteiger partial charge on any atom is -0.339 e. The summed E-state index contributed by atoms with van der Waals surface area (Å²) in [5.74, 6) is 0.242. The number of nitrogens with zero attached hydrogens (tertiary/aromatic N) is 2. The average Bonchev–Trinajstić information content (AvgIpc) is 3.21. The summed E-state index contributed by atoms with van der Waals surface area (Å²) in [6.07, 6.45) is 1.66. The molecule has 2 N–H and O–H groups in total. The summed E-state index contributed by atoms with van der Waals surface area (Å²) in [7, 11) is 0. The highest BCUT2D eigenvalue weighted by Gasteiger charge is 2.41. The summed E-state index contributed by atoms with van der Waals surface area (Å²) >= 11 is 0. The summed E-state index contributed by atoms with van der Waals surface area (Å²) in [5, 5.41) is 0. The van der Waals surface area contributed by atoms with Crippen LogP contribution in [0.2, 0.25) is 0 Å². The third kappa shape index (κ3) is 3.98. The molecule has 138 valence electrons. The molecule has 3 rings (SSSR count). The summed E-state index contributed by atoms with van der Waals surface area (Å²) < 4.78 is 0. The number of hydrogen-bond acceptors (Lipinski definition) is 3. The SMILES string of the molecule is CC(C)C(=O)N1CCCC1C(=O)N1C[C@@H](N)[C@H](c2ccccc2)C1.Cl. The van der Waals surface area contributed by atoms with Crippen LogP contribution in [0.5, 0.6) is 0 Å². The zero-order chi connectivity index (χ0) is 17.3. The number of benzene rings is 1. The maximum absolute atomic E-state index is 13.0. The van der Waals surface area contributed by atoms with Gasteiger partial charge in [-0.1, -0.05) is 44.2 Å². The van der Waals surface area contributed by atoms with Gasteiger partial charge >= 0.3 is 0 Å². The molecule has 0 saturated carbocycles. The first kappa shape index (κ1) is 19.7. The Morgan fingerprint density at radius 2 is 1.84 bits per heavy atom. The van der Waals surface area contributed by atoms with E-state index in [1.165, 1.54) is 5.56 Å². The lowest BCUT2D eigenvalue weighted by Crippen LogP contribution is -2.48. The Hall–Kier alpha value is -1.59. The fraction of sp³-hybridized carbons (Fsp3) is 0.579. The van der Waals surface area contributed by atoms with Crippen LogP contribution in [0.3, 0.4) is 0 Å². The lowest BCUT2D eigenvalue weighted by molar-refractivity contribution is -0.144. The number of likely N-dealkylation sites (tertiary alicyclic amines) is 2. The normalized spacial score (nSPS) is 26.0. The van der Waals surface area contributed by atoms with Crippen molar-refractivity contribution in [1.82, 2.24) is 9.80 Å². The molecule has 2 aliphatic rings. The second-order valence-corrected chi connectivity index (χ2v) is 7.27. The van der Waals surface area contributed by atoms with Gasteiger partial charge in [-0.2, -0.15) is 0 Å². The van der Waals surface area contributed by atoms with Crippen molar-refractivity contribution in [3.8, 4) is 0 Å². The molecule has 0 bridgehead atoms. The molecule has 0 aliphatic carbocycles. The predicted octanol–water partition coefficient (Wildman–Crippen LogP) is 2.01. The van der Waals surface area contributed by atoms with E-state index < -0.39 is 0 Å². The molecule has 6 heteroatoms. The molecule has 1 unspecified atom stereocenters. The van der Waals surface area contributed by atoms with Crippen molar-refractivity contribution in [3.63, 3.8) is 0 Å². The highest BCUT2D eigenvalue weighted by atomic mass is 35.5. The molecule has 0 radical (unpaired) electrons. The molecule has 2 aliphatic heterocycles. The molecule has 5 nitrogen and oxygen atoms in total. The smallest absolute Gasteiger partial charge is 0.245 e. The highest BCUT2D eigenvalue weighted by Crippen LogP contribution is 2.29. The van der Waals surface area contributed by atoms with Gasteiger partial charge in [0.1, 0.15) is 6.04 Å². The lowest BCUT2D eigenvalue weighted by Gasteiger charge is -2.29. The van der Waals surface area contributed by atoms with Crippen LogP contribution in [0.4, 0.5) is 0 Å². The predicted molar refractivity (Wildman–Crippen MR) is 101 cm³/mol. The molecular weight excluding hydrogens is 338 g/mol. The van der Waals surface area contributed by atoms with Crippen molar-refractivity contribution in [1.29, 1.82) is 0 Å². The number of halogens is 1. The van der Waals surface area contributed by atoms with Crippen LogP contribution in [-0.4, -0.2) is 53.3 Å². The maximum atomic E-state index is 13.0. The number of rotatable bonds is 3. The van der Waals surface area contributed by atoms with E-state index in [1.807, 2.05) is 36.9 Å². The molecular formula is C19H28ClN3O2. The molecule has 25 heavy (non-hydrogen) atoms. The molecule has 0 spiro atoms. The first-order valence-electron chi connectivity index (χ1n) is 8.89. The standard InChI is InChI=1S/C19H27N3O2.ClH/c1-13(2)18(23)22-10-6-9-17(22)19(24)21-11-15(16(20)12-21)14-7-4-3-5-8-14;/h3-5,7-8,13,15-17H,6,9-12,20H2,1-2H3;1H/t15-,16+,17?;/m0./s1. The van der Waals surface area contributed by atoms with Gasteiger partial charge in [0.15, 0.2) is 0 Å². The van der Waals surface area contributed by atoms with Gasteiger partial charge in [-0.25, -0.2) is 0 Å². The minimum absolute atomic E-state index is 0. The largest absolute Gasteiger partial charge is 0.339 e. The van der Waals surface area contributed by atoms with Crippen molar-refractivity contribution in [3.05, 3.63) is 35.9 Å². The van der Waals surface area contributed by atoms with Crippen molar-refractivity contribution in [2.45, 2.75) is 44.7 Å². The Labute approximate surface area is 155 Å². The second-order valence-electron chi connectivity index (χ2n) is 7.27. The topological polar surface area (TPSA) is 66.6 Å². The van der Waals surface area contributed by atoms with E-state index in [4.69, 9.17) is 5.73 Å². The van der Waals surface area contributed by atoms with Crippen LogP contribution in [0.25, 0.3) is 0 Å². The molecule has 2 heterocycles. The Kier molecular flexibility index (Phi) is 6.47. The molecule has 2 amide bonds. The van der Waals surface area contributed by atoms with E-state index in [9.17, 15) is 9.59 Å².